The van der Waals surface area contributed by atoms with Crippen LogP contribution in [0.1, 0.15) is 105 Å². The Hall–Kier alpha value is -3.37. The van der Waals surface area contributed by atoms with Crippen LogP contribution in [0, 0.1) is 28.6 Å². The number of ketones is 1. The number of aliphatic hydroxyl groups excluding tert-OH is 5. The minimum atomic E-state index is -1.68. The highest BCUT2D eigenvalue weighted by molar-refractivity contribution is 5.87. The van der Waals surface area contributed by atoms with E-state index in [4.69, 9.17) is 61.6 Å². The molecule has 4 heterocycles. The van der Waals surface area contributed by atoms with Gasteiger partial charge in [-0.05, 0) is 89.2 Å². The number of allylic oxidation sites excluding steroid dienone is 1. The molecule has 27 atom stereocenters. The summed E-state index contributed by atoms with van der Waals surface area (Å²) in [5.74, 6) is -2.86. The molecule has 4 saturated heterocycles. The fourth-order valence-corrected chi connectivity index (χ4v) is 15.3. The number of rotatable bonds is 17. The summed E-state index contributed by atoms with van der Waals surface area (Å²) in [7, 11) is 4.50. The van der Waals surface area contributed by atoms with Gasteiger partial charge in [-0.2, -0.15) is 0 Å². The molecule has 22 nitrogen and oxygen atoms in total. The van der Waals surface area contributed by atoms with Crippen molar-refractivity contribution < 1.29 is 107 Å². The largest absolute Gasteiger partial charge is 0.458 e. The van der Waals surface area contributed by atoms with Gasteiger partial charge in [0.2, 0.25) is 0 Å². The molecule has 454 valence electrons. The average Bonchev–Trinajstić information content (AvgIpc) is 4.02. The summed E-state index contributed by atoms with van der Waals surface area (Å²) in [4.78, 5) is 40.5. The maximum absolute atomic E-state index is 14.0. The van der Waals surface area contributed by atoms with Gasteiger partial charge in [0.15, 0.2) is 25.2 Å². The predicted molar refractivity (Wildman–Crippen MR) is 283 cm³/mol. The van der Waals surface area contributed by atoms with Crippen LogP contribution >= 0.6 is 0 Å². The Bertz CT molecular complexity index is 2390. The first-order valence-corrected chi connectivity index (χ1v) is 28.7. The van der Waals surface area contributed by atoms with Crippen molar-refractivity contribution in [3.05, 3.63) is 53.6 Å². The van der Waals surface area contributed by atoms with Crippen molar-refractivity contribution in [3.63, 3.8) is 0 Å². The molecule has 81 heavy (non-hydrogen) atoms. The van der Waals surface area contributed by atoms with E-state index in [2.05, 4.69) is 13.0 Å². The van der Waals surface area contributed by atoms with Crippen molar-refractivity contribution in [2.75, 3.05) is 27.9 Å². The maximum atomic E-state index is 14.0. The quantitative estimate of drug-likeness (QED) is 0.0743. The number of carbonyl (C=O) groups excluding carboxylic acids is 3. The van der Waals surface area contributed by atoms with Crippen LogP contribution in [-0.2, 0) is 76.0 Å². The summed E-state index contributed by atoms with van der Waals surface area (Å²) in [5.41, 5.74) is -1.38. The van der Waals surface area contributed by atoms with E-state index >= 15 is 0 Å². The molecule has 0 aromatic heterocycles. The molecule has 0 radical (unpaired) electrons. The number of carbonyl (C=O) groups is 3. The molecular formula is C59H86O22. The van der Waals surface area contributed by atoms with Crippen molar-refractivity contribution in [2.24, 2.45) is 28.6 Å². The lowest BCUT2D eigenvalue weighted by atomic mass is 9.44. The zero-order valence-electron chi connectivity index (χ0n) is 48.1. The Morgan fingerprint density at radius 3 is 1.93 bits per heavy atom. The zero-order chi connectivity index (χ0) is 58.5. The van der Waals surface area contributed by atoms with Gasteiger partial charge in [-0.1, -0.05) is 55.8 Å². The Balaban J connectivity index is 0.838. The Kier molecular flexibility index (Phi) is 19.4. The molecule has 3 saturated carbocycles. The predicted octanol–water partition coefficient (Wildman–Crippen LogP) is 2.81. The van der Waals surface area contributed by atoms with Crippen LogP contribution in [0.15, 0.2) is 48.1 Å². The SMILES string of the molecule is CO[C@H]1[C@@H](O)[C@H](O[C@H]2[C@@H](OC)C[C@H](O[C@H]3[C@@H](OC)C[C@H](O[C@@H]4CC[C@@]5(C)C(=CC[C@@H]6[C@@H]5[C@H](OC(=O)C=Cc5ccccc5)[C@@H](OC(C)=O)[C@]5(C)[C@@H](C(C)=O)CC[C@]65O)C4)O[C@@H]3C)O[C@@H]2C)O[C@H](C)[C@H]1O[C@@H]1O[C@H](CO)[C@@H](O)[C@H](O)[C@H]1O. The first-order valence-electron chi connectivity index (χ1n) is 28.7. The van der Waals surface area contributed by atoms with E-state index < -0.39 is 176 Å². The van der Waals surface area contributed by atoms with E-state index in [0.29, 0.717) is 44.9 Å². The molecule has 8 aliphatic rings. The van der Waals surface area contributed by atoms with Gasteiger partial charge >= 0.3 is 11.9 Å². The van der Waals surface area contributed by atoms with Crippen molar-refractivity contribution in [2.45, 2.75) is 234 Å². The van der Waals surface area contributed by atoms with Crippen molar-refractivity contribution >= 4 is 23.8 Å². The van der Waals surface area contributed by atoms with Crippen molar-refractivity contribution in [3.8, 4) is 0 Å². The van der Waals surface area contributed by atoms with Gasteiger partial charge in [0, 0.05) is 64.4 Å². The van der Waals surface area contributed by atoms with E-state index in [9.17, 15) is 45.0 Å². The van der Waals surface area contributed by atoms with E-state index in [0.717, 1.165) is 11.1 Å². The van der Waals surface area contributed by atoms with Gasteiger partial charge in [0.25, 0.3) is 0 Å². The number of fused-ring (bicyclic) bond motifs is 5. The lowest BCUT2D eigenvalue weighted by molar-refractivity contribution is -0.373. The molecule has 0 unspecified atom stereocenters. The highest BCUT2D eigenvalue weighted by Gasteiger charge is 2.75. The molecule has 4 aliphatic heterocycles. The molecule has 1 aromatic rings. The summed E-state index contributed by atoms with van der Waals surface area (Å²) in [6, 6.07) is 9.36. The second-order valence-corrected chi connectivity index (χ2v) is 24.1. The maximum Gasteiger partial charge on any atom is 0.331 e. The number of Topliss-reactive ketones (excluding diaryl/α,β-unsaturated/α-hetero) is 1. The van der Waals surface area contributed by atoms with Crippen LogP contribution in [0.5, 0.6) is 0 Å². The third-order valence-electron chi connectivity index (χ3n) is 19.5. The summed E-state index contributed by atoms with van der Waals surface area (Å²) >= 11 is 0. The third kappa shape index (κ3) is 11.9. The molecular weight excluding hydrogens is 1060 g/mol. The van der Waals surface area contributed by atoms with Gasteiger partial charge in [-0.3, -0.25) is 9.59 Å². The van der Waals surface area contributed by atoms with Crippen LogP contribution in [0.4, 0.5) is 0 Å². The summed E-state index contributed by atoms with van der Waals surface area (Å²) < 4.78 is 80.9. The number of methoxy groups -OCH3 is 3. The number of esters is 2. The number of ether oxygens (including phenoxy) is 13. The fourth-order valence-electron chi connectivity index (χ4n) is 15.3. The van der Waals surface area contributed by atoms with Gasteiger partial charge < -0.3 is 92.2 Å². The lowest BCUT2D eigenvalue weighted by Gasteiger charge is -2.64. The molecule has 0 spiro atoms. The second kappa shape index (κ2) is 25.3. The number of benzene rings is 1. The molecule has 7 fully saturated rings. The van der Waals surface area contributed by atoms with Crippen LogP contribution < -0.4 is 0 Å². The lowest BCUT2D eigenvalue weighted by Crippen LogP contribution is -2.72. The Labute approximate surface area is 473 Å². The van der Waals surface area contributed by atoms with E-state index in [1.165, 1.54) is 34.1 Å². The molecule has 6 N–H and O–H groups in total. The second-order valence-electron chi connectivity index (χ2n) is 24.1. The van der Waals surface area contributed by atoms with E-state index in [-0.39, 0.29) is 18.3 Å². The summed E-state index contributed by atoms with van der Waals surface area (Å²) in [6.45, 7) is 11.5. The van der Waals surface area contributed by atoms with E-state index in [1.54, 1.807) is 27.0 Å². The van der Waals surface area contributed by atoms with Crippen LogP contribution in [0.2, 0.25) is 0 Å². The topological polar surface area (TPSA) is 293 Å². The summed E-state index contributed by atoms with van der Waals surface area (Å²) in [6.07, 6.45) is -12.0. The highest BCUT2D eigenvalue weighted by atomic mass is 16.8. The highest BCUT2D eigenvalue weighted by Crippen LogP contribution is 2.69. The van der Waals surface area contributed by atoms with Gasteiger partial charge in [-0.25, -0.2) is 4.79 Å². The minimum Gasteiger partial charge on any atom is -0.458 e. The Morgan fingerprint density at radius 1 is 0.691 bits per heavy atom. The summed E-state index contributed by atoms with van der Waals surface area (Å²) in [5, 5.41) is 65.6. The molecule has 1 aromatic carbocycles. The first-order chi connectivity index (χ1) is 38.5. The Morgan fingerprint density at radius 2 is 1.31 bits per heavy atom. The first kappa shape index (κ1) is 62.2. The monoisotopic (exact) mass is 1150 g/mol. The molecule has 0 amide bonds. The van der Waals surface area contributed by atoms with Gasteiger partial charge in [0.05, 0.1) is 48.8 Å². The average molecular weight is 1150 g/mol. The van der Waals surface area contributed by atoms with Gasteiger partial charge in [-0.15, -0.1) is 0 Å². The smallest absolute Gasteiger partial charge is 0.331 e. The number of hydrogen-bond donors (Lipinski definition) is 6. The number of hydrogen-bond acceptors (Lipinski definition) is 22. The van der Waals surface area contributed by atoms with Crippen LogP contribution in [-0.4, -0.2) is 211 Å². The van der Waals surface area contributed by atoms with Crippen molar-refractivity contribution in [1.82, 2.24) is 0 Å². The van der Waals surface area contributed by atoms with Crippen LogP contribution in [0.3, 0.4) is 0 Å². The molecule has 0 bridgehead atoms. The minimum absolute atomic E-state index is 0.118. The molecule has 9 rings (SSSR count). The van der Waals surface area contributed by atoms with E-state index in [1.807, 2.05) is 44.2 Å². The standard InChI is InChI=1S/C59H86O22/c1-28(61)36-21-23-59(68)37-18-17-34-24-35(20-22-57(34,6)44(37)52(54(58(36,59)7)75-32(5)62)78-41(63)19-16-33-14-12-11-13-15-33)76-42-25-38(69-8)49(29(2)72-42)79-43-26-39(70-9)50(30(3)73-43)80-56-48(67)53(71-10)51(31(4)74-56)81-55-47(66)46(65)45(64)40(27-60)77-55/h11-17,19,29-31,35-40,42-56,60,64-68H,18,20-27H2,1-10H3/t29-,30-,31-,35-,36-,37-,38+,39+,40-,42+,43+,44-,45-,46+,47-,48-,49-,50-,51-,52+,53+,54-,55+,56+,57+,58+,59+/m1/s1. The van der Waals surface area contributed by atoms with Crippen molar-refractivity contribution in [1.29, 1.82) is 0 Å². The molecule has 22 heteroatoms. The zero-order valence-corrected chi connectivity index (χ0v) is 48.1. The normalized spacial score (nSPS) is 47.1. The van der Waals surface area contributed by atoms with Crippen LogP contribution in [0.25, 0.3) is 6.08 Å². The van der Waals surface area contributed by atoms with Gasteiger partial charge in [0.1, 0.15) is 72.9 Å². The fraction of sp³-hybridized carbons (Fsp3) is 0.780. The third-order valence-corrected chi connectivity index (χ3v) is 19.5. The molecule has 4 aliphatic carbocycles. The number of aliphatic hydroxyl groups is 6.